The van der Waals surface area contributed by atoms with Crippen LogP contribution in [-0.4, -0.2) is 51.2 Å². The molecule has 112 valence electrons. The van der Waals surface area contributed by atoms with E-state index < -0.39 is 0 Å². The summed E-state index contributed by atoms with van der Waals surface area (Å²) in [7, 11) is 3.65. The number of carbonyl (C=O) groups excluding carboxylic acids is 1. The van der Waals surface area contributed by atoms with Gasteiger partial charge in [0.2, 0.25) is 0 Å². The highest BCUT2D eigenvalue weighted by atomic mass is 16.5. The first-order valence-electron chi connectivity index (χ1n) is 6.93. The zero-order valence-corrected chi connectivity index (χ0v) is 12.7. The summed E-state index contributed by atoms with van der Waals surface area (Å²) in [6.07, 6.45) is 0. The van der Waals surface area contributed by atoms with Gasteiger partial charge in [-0.15, -0.1) is 0 Å². The van der Waals surface area contributed by atoms with Crippen LogP contribution in [0.25, 0.3) is 0 Å². The molecule has 1 aromatic carbocycles. The Labute approximate surface area is 120 Å². The molecule has 0 fully saturated rings. The second-order valence-electron chi connectivity index (χ2n) is 4.36. The Morgan fingerprint density at radius 3 is 2.45 bits per heavy atom. The number of benzene rings is 1. The number of rotatable bonds is 8. The molecule has 0 radical (unpaired) electrons. The van der Waals surface area contributed by atoms with E-state index in [1.54, 1.807) is 30.1 Å². The molecule has 0 bridgehead atoms. The first-order valence-corrected chi connectivity index (χ1v) is 6.93. The monoisotopic (exact) mass is 280 g/mol. The van der Waals surface area contributed by atoms with E-state index in [-0.39, 0.29) is 5.91 Å². The van der Waals surface area contributed by atoms with Crippen molar-refractivity contribution in [1.29, 1.82) is 0 Å². The van der Waals surface area contributed by atoms with E-state index in [4.69, 9.17) is 9.47 Å². The molecule has 0 unspecified atom stereocenters. The zero-order valence-electron chi connectivity index (χ0n) is 12.7. The lowest BCUT2D eigenvalue weighted by molar-refractivity contribution is 0.0796. The SMILES string of the molecule is CCOc1ccc(C(=O)N(C)CCNC)cc1OCC. The Hall–Kier alpha value is -1.75. The summed E-state index contributed by atoms with van der Waals surface area (Å²) in [5, 5.41) is 3.02. The van der Waals surface area contributed by atoms with Crippen molar-refractivity contribution in [3.05, 3.63) is 23.8 Å². The molecule has 20 heavy (non-hydrogen) atoms. The molecule has 0 saturated heterocycles. The van der Waals surface area contributed by atoms with E-state index in [9.17, 15) is 4.79 Å². The van der Waals surface area contributed by atoms with Crippen molar-refractivity contribution in [3.63, 3.8) is 0 Å². The summed E-state index contributed by atoms with van der Waals surface area (Å²) in [5.41, 5.74) is 0.607. The Balaban J connectivity index is 2.89. The number of amides is 1. The lowest BCUT2D eigenvalue weighted by Crippen LogP contribution is -2.32. The molecule has 0 aliphatic carbocycles. The van der Waals surface area contributed by atoms with Crippen LogP contribution >= 0.6 is 0 Å². The topological polar surface area (TPSA) is 50.8 Å². The molecule has 0 saturated carbocycles. The Morgan fingerprint density at radius 2 is 1.85 bits per heavy atom. The molecule has 0 aliphatic heterocycles. The third-order valence-corrected chi connectivity index (χ3v) is 2.83. The first-order chi connectivity index (χ1) is 9.63. The minimum absolute atomic E-state index is 0.0238. The molecule has 0 atom stereocenters. The van der Waals surface area contributed by atoms with Gasteiger partial charge in [0, 0.05) is 25.7 Å². The predicted molar refractivity (Wildman–Crippen MR) is 79.7 cm³/mol. The van der Waals surface area contributed by atoms with E-state index in [0.717, 1.165) is 6.54 Å². The highest BCUT2D eigenvalue weighted by molar-refractivity contribution is 5.94. The number of nitrogens with one attached hydrogen (secondary N) is 1. The van der Waals surface area contributed by atoms with Gasteiger partial charge in [-0.05, 0) is 39.1 Å². The lowest BCUT2D eigenvalue weighted by Gasteiger charge is -2.18. The Morgan fingerprint density at radius 1 is 1.20 bits per heavy atom. The van der Waals surface area contributed by atoms with E-state index in [1.165, 1.54) is 0 Å². The van der Waals surface area contributed by atoms with Gasteiger partial charge >= 0.3 is 0 Å². The largest absolute Gasteiger partial charge is 0.490 e. The van der Waals surface area contributed by atoms with Crippen LogP contribution in [-0.2, 0) is 0 Å². The fraction of sp³-hybridized carbons (Fsp3) is 0.533. The van der Waals surface area contributed by atoms with Crippen LogP contribution in [0.15, 0.2) is 18.2 Å². The molecule has 1 aromatic rings. The smallest absolute Gasteiger partial charge is 0.253 e. The van der Waals surface area contributed by atoms with Gasteiger partial charge in [-0.2, -0.15) is 0 Å². The van der Waals surface area contributed by atoms with Gasteiger partial charge in [0.05, 0.1) is 13.2 Å². The van der Waals surface area contributed by atoms with Crippen molar-refractivity contribution >= 4 is 5.91 Å². The van der Waals surface area contributed by atoms with Gasteiger partial charge in [-0.1, -0.05) is 0 Å². The molecular weight excluding hydrogens is 256 g/mol. The van der Waals surface area contributed by atoms with Gasteiger partial charge in [0.1, 0.15) is 0 Å². The summed E-state index contributed by atoms with van der Waals surface area (Å²) in [4.78, 5) is 14.0. The molecule has 0 aromatic heterocycles. The van der Waals surface area contributed by atoms with Crippen LogP contribution in [0.2, 0.25) is 0 Å². The summed E-state index contributed by atoms with van der Waals surface area (Å²) in [5.74, 6) is 1.26. The number of likely N-dealkylation sites (N-methyl/N-ethyl adjacent to an activating group) is 2. The average molecular weight is 280 g/mol. The molecule has 0 spiro atoms. The Bertz CT molecular complexity index is 435. The molecule has 1 rings (SSSR count). The summed E-state index contributed by atoms with van der Waals surface area (Å²) in [6.45, 7) is 6.34. The molecule has 1 N–H and O–H groups in total. The average Bonchev–Trinajstić information content (AvgIpc) is 2.46. The number of nitrogens with zero attached hydrogens (tertiary/aromatic N) is 1. The maximum atomic E-state index is 12.3. The van der Waals surface area contributed by atoms with Crippen LogP contribution in [0, 0.1) is 0 Å². The van der Waals surface area contributed by atoms with Crippen molar-refractivity contribution in [2.75, 3.05) is 40.4 Å². The molecule has 1 amide bonds. The van der Waals surface area contributed by atoms with Crippen LogP contribution in [0.3, 0.4) is 0 Å². The number of carbonyl (C=O) groups is 1. The summed E-state index contributed by atoms with van der Waals surface area (Å²) < 4.78 is 11.0. The van der Waals surface area contributed by atoms with Crippen molar-refractivity contribution < 1.29 is 14.3 Å². The van der Waals surface area contributed by atoms with Crippen LogP contribution < -0.4 is 14.8 Å². The highest BCUT2D eigenvalue weighted by Crippen LogP contribution is 2.28. The number of hydrogen-bond acceptors (Lipinski definition) is 4. The normalized spacial score (nSPS) is 10.2. The van der Waals surface area contributed by atoms with Gasteiger partial charge in [0.15, 0.2) is 11.5 Å². The highest BCUT2D eigenvalue weighted by Gasteiger charge is 2.14. The van der Waals surface area contributed by atoms with Crippen molar-refractivity contribution in [1.82, 2.24) is 10.2 Å². The third-order valence-electron chi connectivity index (χ3n) is 2.83. The van der Waals surface area contributed by atoms with Crippen molar-refractivity contribution in [2.45, 2.75) is 13.8 Å². The van der Waals surface area contributed by atoms with Gasteiger partial charge in [-0.25, -0.2) is 0 Å². The fourth-order valence-corrected chi connectivity index (χ4v) is 1.79. The fourth-order valence-electron chi connectivity index (χ4n) is 1.79. The zero-order chi connectivity index (χ0) is 15.0. The van der Waals surface area contributed by atoms with Crippen LogP contribution in [0.5, 0.6) is 11.5 Å². The maximum Gasteiger partial charge on any atom is 0.253 e. The lowest BCUT2D eigenvalue weighted by atomic mass is 10.1. The van der Waals surface area contributed by atoms with E-state index >= 15 is 0 Å². The van der Waals surface area contributed by atoms with Gasteiger partial charge < -0.3 is 19.7 Å². The minimum atomic E-state index is -0.0238. The molecule has 0 heterocycles. The van der Waals surface area contributed by atoms with Crippen molar-refractivity contribution in [2.24, 2.45) is 0 Å². The molecule has 5 nitrogen and oxygen atoms in total. The molecule has 0 aliphatic rings. The summed E-state index contributed by atoms with van der Waals surface area (Å²) >= 11 is 0. The second-order valence-corrected chi connectivity index (χ2v) is 4.36. The van der Waals surface area contributed by atoms with Gasteiger partial charge in [0.25, 0.3) is 5.91 Å². The van der Waals surface area contributed by atoms with Gasteiger partial charge in [-0.3, -0.25) is 4.79 Å². The number of hydrogen-bond donors (Lipinski definition) is 1. The maximum absolute atomic E-state index is 12.3. The van der Waals surface area contributed by atoms with E-state index in [2.05, 4.69) is 5.32 Å². The predicted octanol–water partition coefficient (Wildman–Crippen LogP) is 1.78. The second kappa shape index (κ2) is 8.43. The van der Waals surface area contributed by atoms with E-state index in [1.807, 2.05) is 20.9 Å². The van der Waals surface area contributed by atoms with Crippen molar-refractivity contribution in [3.8, 4) is 11.5 Å². The molecular formula is C15H24N2O3. The minimum Gasteiger partial charge on any atom is -0.490 e. The quantitative estimate of drug-likeness (QED) is 0.788. The third kappa shape index (κ3) is 4.42. The van der Waals surface area contributed by atoms with Crippen LogP contribution in [0.4, 0.5) is 0 Å². The standard InChI is InChI=1S/C15H24N2O3/c1-5-19-13-8-7-12(11-14(13)20-6-2)15(18)17(4)10-9-16-3/h7-8,11,16H,5-6,9-10H2,1-4H3. The van der Waals surface area contributed by atoms with Crippen LogP contribution in [0.1, 0.15) is 24.2 Å². The summed E-state index contributed by atoms with van der Waals surface area (Å²) in [6, 6.07) is 5.30. The van der Waals surface area contributed by atoms with E-state index in [0.29, 0.717) is 36.8 Å². The Kier molecular flexibility index (Phi) is 6.87. The molecule has 5 heteroatoms. The number of ether oxygens (including phenoxy) is 2. The first kappa shape index (κ1) is 16.3.